The molecule has 0 spiro atoms. The summed E-state index contributed by atoms with van der Waals surface area (Å²) >= 11 is 0. The maximum absolute atomic E-state index is 10.8. The SMILES string of the molecule is [2H]C(=O)[C@H](C(C)=O)[C@H](O)[C@H](O)CO. The van der Waals surface area contributed by atoms with Crippen LogP contribution in [0.1, 0.15) is 8.29 Å². The minimum Gasteiger partial charge on any atom is -0.394 e. The highest BCUT2D eigenvalue weighted by Crippen LogP contribution is 2.06. The van der Waals surface area contributed by atoms with E-state index in [1.807, 2.05) is 0 Å². The van der Waals surface area contributed by atoms with Crippen LogP contribution in [-0.4, -0.2) is 46.2 Å². The van der Waals surface area contributed by atoms with Gasteiger partial charge in [0.2, 0.25) is 0 Å². The van der Waals surface area contributed by atoms with Gasteiger partial charge in [-0.05, 0) is 6.92 Å². The molecule has 0 aromatic heterocycles. The van der Waals surface area contributed by atoms with Crippen molar-refractivity contribution in [2.24, 2.45) is 5.92 Å². The third-order valence-electron chi connectivity index (χ3n) is 1.49. The Morgan fingerprint density at radius 1 is 1.67 bits per heavy atom. The number of aliphatic hydroxyl groups excluding tert-OH is 3. The number of carbonyl (C=O) groups is 2. The molecule has 0 amide bonds. The summed E-state index contributed by atoms with van der Waals surface area (Å²) in [5, 5.41) is 26.5. The molecule has 0 heterocycles. The highest BCUT2D eigenvalue weighted by Gasteiger charge is 2.28. The lowest BCUT2D eigenvalue weighted by molar-refractivity contribution is -0.135. The van der Waals surface area contributed by atoms with Gasteiger partial charge in [0.25, 0.3) is 0 Å². The number of hydrogen-bond donors (Lipinski definition) is 3. The fourth-order valence-corrected chi connectivity index (χ4v) is 0.723. The van der Waals surface area contributed by atoms with Crippen molar-refractivity contribution in [3.05, 3.63) is 0 Å². The highest BCUT2D eigenvalue weighted by atomic mass is 16.4. The summed E-state index contributed by atoms with van der Waals surface area (Å²) in [6, 6.07) is 0. The van der Waals surface area contributed by atoms with E-state index >= 15 is 0 Å². The number of hydrogen-bond acceptors (Lipinski definition) is 5. The number of rotatable bonds is 5. The zero-order chi connectivity index (χ0) is 10.6. The first kappa shape index (κ1) is 9.31. The van der Waals surface area contributed by atoms with Crippen molar-refractivity contribution in [1.29, 1.82) is 0 Å². The number of carbonyl (C=O) groups excluding carboxylic acids is 2. The summed E-state index contributed by atoms with van der Waals surface area (Å²) in [4.78, 5) is 21.3. The van der Waals surface area contributed by atoms with Gasteiger partial charge in [0.1, 0.15) is 25.4 Å². The zero-order valence-electron chi connectivity index (χ0n) is 7.60. The fraction of sp³-hybridized carbons (Fsp3) is 0.714. The topological polar surface area (TPSA) is 94.8 Å². The van der Waals surface area contributed by atoms with Crippen LogP contribution in [0.15, 0.2) is 0 Å². The van der Waals surface area contributed by atoms with E-state index in [1.54, 1.807) is 0 Å². The molecule has 0 fully saturated rings. The summed E-state index contributed by atoms with van der Waals surface area (Å²) < 4.78 is 6.65. The summed E-state index contributed by atoms with van der Waals surface area (Å²) in [6.45, 7) is 0.267. The maximum Gasteiger partial charge on any atom is 0.142 e. The lowest BCUT2D eigenvalue weighted by atomic mass is 9.96. The van der Waals surface area contributed by atoms with Crippen LogP contribution < -0.4 is 0 Å². The van der Waals surface area contributed by atoms with Crippen LogP contribution in [-0.2, 0) is 9.59 Å². The monoisotopic (exact) mass is 177 g/mol. The minimum absolute atomic E-state index is 0.708. The molecule has 0 rings (SSSR count). The van der Waals surface area contributed by atoms with Gasteiger partial charge < -0.3 is 20.1 Å². The smallest absolute Gasteiger partial charge is 0.142 e. The molecular formula is C7H12O5. The quantitative estimate of drug-likeness (QED) is 0.337. The average Bonchev–Trinajstić information content (AvgIpc) is 2.01. The number of aliphatic hydroxyl groups is 3. The predicted molar refractivity (Wildman–Crippen MR) is 39.3 cm³/mol. The van der Waals surface area contributed by atoms with Crippen molar-refractivity contribution in [2.45, 2.75) is 19.1 Å². The molecular weight excluding hydrogens is 164 g/mol. The van der Waals surface area contributed by atoms with Crippen LogP contribution in [0.3, 0.4) is 0 Å². The first-order valence-corrected chi connectivity index (χ1v) is 3.39. The van der Waals surface area contributed by atoms with Crippen LogP contribution in [0.4, 0.5) is 0 Å². The van der Waals surface area contributed by atoms with Crippen molar-refractivity contribution in [2.75, 3.05) is 6.61 Å². The van der Waals surface area contributed by atoms with Crippen LogP contribution in [0.2, 0.25) is 0 Å². The van der Waals surface area contributed by atoms with E-state index in [0.29, 0.717) is 0 Å². The largest absolute Gasteiger partial charge is 0.394 e. The second-order valence-electron chi connectivity index (χ2n) is 2.45. The van der Waals surface area contributed by atoms with Gasteiger partial charge in [-0.1, -0.05) is 0 Å². The van der Waals surface area contributed by atoms with Gasteiger partial charge in [0.15, 0.2) is 0 Å². The van der Waals surface area contributed by atoms with Crippen molar-refractivity contribution < 1.29 is 26.3 Å². The van der Waals surface area contributed by atoms with Crippen molar-refractivity contribution >= 4 is 12.0 Å². The molecule has 0 aliphatic carbocycles. The molecule has 0 aliphatic rings. The van der Waals surface area contributed by atoms with E-state index in [2.05, 4.69) is 0 Å². The van der Waals surface area contributed by atoms with Gasteiger partial charge in [-0.25, -0.2) is 0 Å². The summed E-state index contributed by atoms with van der Waals surface area (Å²) in [7, 11) is 0. The molecule has 3 atom stereocenters. The standard InChI is InChI=1S/C7H12O5/c1-4(10)5(2-8)7(12)6(11)3-9/h2,5-7,9,11-12H,3H2,1H3/t5-,6-,7+/m1/s1/i2D. The average molecular weight is 177 g/mol. The predicted octanol–water partition coefficient (Wildman–Crippen LogP) is -1.90. The van der Waals surface area contributed by atoms with E-state index in [4.69, 9.17) is 16.7 Å². The Kier molecular flexibility index (Phi) is 3.86. The molecule has 0 bridgehead atoms. The molecule has 0 saturated heterocycles. The maximum atomic E-state index is 10.8. The first-order chi connectivity index (χ1) is 5.91. The van der Waals surface area contributed by atoms with Crippen LogP contribution in [0.5, 0.6) is 0 Å². The van der Waals surface area contributed by atoms with E-state index in [-0.39, 0.29) is 0 Å². The number of ketones is 1. The summed E-state index contributed by atoms with van der Waals surface area (Å²) in [5.41, 5.74) is 0. The van der Waals surface area contributed by atoms with E-state index in [0.717, 1.165) is 6.92 Å². The minimum atomic E-state index is -1.72. The molecule has 0 unspecified atom stereocenters. The number of Topliss-reactive ketones (excluding diaryl/α,β-unsaturated/α-hetero) is 1. The molecule has 5 nitrogen and oxygen atoms in total. The molecule has 0 aliphatic heterocycles. The van der Waals surface area contributed by atoms with Crippen LogP contribution in [0.25, 0.3) is 0 Å². The molecule has 0 radical (unpaired) electrons. The van der Waals surface area contributed by atoms with E-state index < -0.39 is 36.8 Å². The van der Waals surface area contributed by atoms with Crippen molar-refractivity contribution in [3.8, 4) is 0 Å². The Morgan fingerprint density at radius 3 is 2.42 bits per heavy atom. The van der Waals surface area contributed by atoms with Gasteiger partial charge in [0.05, 0.1) is 12.7 Å². The first-order valence-electron chi connectivity index (χ1n) is 3.89. The summed E-state index contributed by atoms with van der Waals surface area (Å²) in [5.74, 6) is -2.29. The van der Waals surface area contributed by atoms with Crippen molar-refractivity contribution in [3.63, 3.8) is 0 Å². The molecule has 12 heavy (non-hydrogen) atoms. The second-order valence-corrected chi connectivity index (χ2v) is 2.45. The Labute approximate surface area is 71.0 Å². The molecule has 0 saturated carbocycles. The third kappa shape index (κ3) is 2.69. The number of aldehydes is 1. The lowest BCUT2D eigenvalue weighted by Crippen LogP contribution is -2.39. The third-order valence-corrected chi connectivity index (χ3v) is 1.49. The van der Waals surface area contributed by atoms with E-state index in [1.165, 1.54) is 0 Å². The Bertz CT molecular complexity index is 191. The van der Waals surface area contributed by atoms with E-state index in [9.17, 15) is 9.59 Å². The fourth-order valence-electron chi connectivity index (χ4n) is 0.723. The molecule has 3 N–H and O–H groups in total. The molecule has 0 aromatic carbocycles. The Hall–Kier alpha value is -0.780. The van der Waals surface area contributed by atoms with Gasteiger partial charge >= 0.3 is 0 Å². The Morgan fingerprint density at radius 2 is 2.17 bits per heavy atom. The zero-order valence-corrected chi connectivity index (χ0v) is 6.60. The highest BCUT2D eigenvalue weighted by molar-refractivity contribution is 5.92. The van der Waals surface area contributed by atoms with Crippen LogP contribution in [0, 0.1) is 5.92 Å². The Balaban J connectivity index is 4.55. The van der Waals surface area contributed by atoms with Gasteiger partial charge in [0, 0.05) is 0 Å². The normalized spacial score (nSPS) is 19.2. The van der Waals surface area contributed by atoms with Gasteiger partial charge in [-0.3, -0.25) is 4.79 Å². The molecule has 5 heteroatoms. The summed E-state index contributed by atoms with van der Waals surface area (Å²) in [6.07, 6.45) is -4.57. The van der Waals surface area contributed by atoms with Crippen molar-refractivity contribution in [1.82, 2.24) is 0 Å². The van der Waals surface area contributed by atoms with Gasteiger partial charge in [-0.2, -0.15) is 0 Å². The lowest BCUT2D eigenvalue weighted by Gasteiger charge is -2.18. The molecule has 0 aromatic rings. The van der Waals surface area contributed by atoms with Crippen LogP contribution >= 0.6 is 0 Å². The molecule has 70 valence electrons. The second kappa shape index (κ2) is 4.97. The van der Waals surface area contributed by atoms with Gasteiger partial charge in [-0.15, -0.1) is 0 Å².